The second kappa shape index (κ2) is 5.19. The van der Waals surface area contributed by atoms with Crippen LogP contribution in [0, 0.1) is 13.8 Å². The summed E-state index contributed by atoms with van der Waals surface area (Å²) in [4.78, 5) is 2.51. The van der Waals surface area contributed by atoms with E-state index in [0.717, 1.165) is 13.1 Å². The minimum atomic E-state index is 0.499. The van der Waals surface area contributed by atoms with Crippen molar-refractivity contribution in [1.82, 2.24) is 10.2 Å². The monoisotopic (exact) mass is 232 g/mol. The van der Waals surface area contributed by atoms with Crippen LogP contribution in [0.15, 0.2) is 18.2 Å². The molecular formula is C15H24N2. The Kier molecular flexibility index (Phi) is 3.85. The fourth-order valence-electron chi connectivity index (χ4n) is 2.79. The van der Waals surface area contributed by atoms with E-state index in [9.17, 15) is 0 Å². The molecule has 1 aliphatic heterocycles. The van der Waals surface area contributed by atoms with Gasteiger partial charge in [0.1, 0.15) is 0 Å². The molecule has 1 saturated heterocycles. The normalized spacial score (nSPS) is 22.1. The first-order valence-electron chi connectivity index (χ1n) is 6.59. The summed E-state index contributed by atoms with van der Waals surface area (Å²) in [6.07, 6.45) is 1.27. The molecule has 94 valence electrons. The van der Waals surface area contributed by atoms with Crippen molar-refractivity contribution >= 4 is 0 Å². The molecule has 2 heteroatoms. The largest absolute Gasteiger partial charge is 0.315 e. The number of benzene rings is 1. The number of likely N-dealkylation sites (N-methyl/N-ethyl adjacent to an activating group) is 1. The number of hydrogen-bond acceptors (Lipinski definition) is 2. The summed E-state index contributed by atoms with van der Waals surface area (Å²) >= 11 is 0. The summed E-state index contributed by atoms with van der Waals surface area (Å²) in [7, 11) is 2.25. The zero-order valence-corrected chi connectivity index (χ0v) is 11.5. The van der Waals surface area contributed by atoms with E-state index in [2.05, 4.69) is 56.2 Å². The van der Waals surface area contributed by atoms with Crippen LogP contribution >= 0.6 is 0 Å². The number of nitrogens with one attached hydrogen (secondary N) is 1. The highest BCUT2D eigenvalue weighted by Crippen LogP contribution is 2.24. The van der Waals surface area contributed by atoms with Crippen LogP contribution in [0.4, 0.5) is 0 Å². The lowest BCUT2D eigenvalue weighted by Gasteiger charge is -2.30. The molecule has 1 aliphatic rings. The van der Waals surface area contributed by atoms with Gasteiger partial charge in [0, 0.05) is 18.6 Å². The zero-order chi connectivity index (χ0) is 12.4. The average Bonchev–Trinajstić information content (AvgIpc) is 2.79. The Hall–Kier alpha value is -0.860. The Balaban J connectivity index is 2.14. The van der Waals surface area contributed by atoms with Crippen LogP contribution in [-0.4, -0.2) is 31.1 Å². The third-order valence-electron chi connectivity index (χ3n) is 3.95. The van der Waals surface area contributed by atoms with Crippen LogP contribution < -0.4 is 5.32 Å². The molecule has 1 N–H and O–H groups in total. The van der Waals surface area contributed by atoms with Gasteiger partial charge >= 0.3 is 0 Å². The summed E-state index contributed by atoms with van der Waals surface area (Å²) in [5.74, 6) is 0. The van der Waals surface area contributed by atoms with Crippen molar-refractivity contribution in [3.63, 3.8) is 0 Å². The number of aryl methyl sites for hydroxylation is 2. The minimum Gasteiger partial charge on any atom is -0.315 e. The van der Waals surface area contributed by atoms with Crippen LogP contribution in [0.3, 0.4) is 0 Å². The van der Waals surface area contributed by atoms with E-state index < -0.39 is 0 Å². The highest BCUT2D eigenvalue weighted by atomic mass is 15.2. The average molecular weight is 232 g/mol. The third-order valence-corrected chi connectivity index (χ3v) is 3.95. The van der Waals surface area contributed by atoms with E-state index in [1.165, 1.54) is 23.1 Å². The summed E-state index contributed by atoms with van der Waals surface area (Å²) in [5.41, 5.74) is 4.17. The maximum Gasteiger partial charge on any atom is 0.0320 e. The first-order chi connectivity index (χ1) is 8.08. The summed E-state index contributed by atoms with van der Waals surface area (Å²) < 4.78 is 0. The van der Waals surface area contributed by atoms with E-state index in [-0.39, 0.29) is 0 Å². The molecule has 0 spiro atoms. The summed E-state index contributed by atoms with van der Waals surface area (Å²) in [6, 6.07) is 8.06. The molecule has 2 unspecified atom stereocenters. The van der Waals surface area contributed by atoms with Gasteiger partial charge in [0.05, 0.1) is 0 Å². The van der Waals surface area contributed by atoms with Gasteiger partial charge in [-0.05, 0) is 46.3 Å². The van der Waals surface area contributed by atoms with E-state index in [4.69, 9.17) is 0 Å². The molecule has 0 aromatic heterocycles. The molecule has 0 bridgehead atoms. The maximum absolute atomic E-state index is 3.44. The van der Waals surface area contributed by atoms with Gasteiger partial charge in [-0.3, -0.25) is 4.90 Å². The van der Waals surface area contributed by atoms with E-state index >= 15 is 0 Å². The van der Waals surface area contributed by atoms with Crippen LogP contribution in [0.25, 0.3) is 0 Å². The fraction of sp³-hybridized carbons (Fsp3) is 0.600. The number of nitrogens with zero attached hydrogens (tertiary/aromatic N) is 1. The van der Waals surface area contributed by atoms with Gasteiger partial charge in [0.15, 0.2) is 0 Å². The lowest BCUT2D eigenvalue weighted by molar-refractivity contribution is 0.197. The lowest BCUT2D eigenvalue weighted by Crippen LogP contribution is -2.35. The van der Waals surface area contributed by atoms with Crippen LogP contribution in [0.1, 0.15) is 36.1 Å². The molecule has 2 nitrogen and oxygen atoms in total. The minimum absolute atomic E-state index is 0.499. The van der Waals surface area contributed by atoms with Crippen LogP contribution in [0.5, 0.6) is 0 Å². The van der Waals surface area contributed by atoms with Crippen molar-refractivity contribution in [2.45, 2.75) is 39.3 Å². The van der Waals surface area contributed by atoms with Gasteiger partial charge in [-0.1, -0.05) is 29.3 Å². The smallest absolute Gasteiger partial charge is 0.0320 e. The van der Waals surface area contributed by atoms with Crippen molar-refractivity contribution in [2.24, 2.45) is 0 Å². The van der Waals surface area contributed by atoms with Crippen molar-refractivity contribution < 1.29 is 0 Å². The highest BCUT2D eigenvalue weighted by Gasteiger charge is 2.23. The predicted molar refractivity (Wildman–Crippen MR) is 73.4 cm³/mol. The zero-order valence-electron chi connectivity index (χ0n) is 11.5. The Morgan fingerprint density at radius 2 is 1.88 bits per heavy atom. The molecule has 0 saturated carbocycles. The molecule has 0 aliphatic carbocycles. The molecule has 1 fully saturated rings. The van der Waals surface area contributed by atoms with Crippen molar-refractivity contribution in [3.05, 3.63) is 34.9 Å². The summed E-state index contributed by atoms with van der Waals surface area (Å²) in [5, 5.41) is 3.44. The predicted octanol–water partition coefficient (Wildman–Crippen LogP) is 2.66. The van der Waals surface area contributed by atoms with E-state index in [0.29, 0.717) is 12.1 Å². The molecule has 1 heterocycles. The van der Waals surface area contributed by atoms with E-state index in [1.807, 2.05) is 0 Å². The second-order valence-corrected chi connectivity index (χ2v) is 5.41. The molecule has 0 radical (unpaired) electrons. The van der Waals surface area contributed by atoms with E-state index in [1.54, 1.807) is 0 Å². The van der Waals surface area contributed by atoms with Gasteiger partial charge < -0.3 is 5.32 Å². The lowest BCUT2D eigenvalue weighted by atomic mass is 10.0. The topological polar surface area (TPSA) is 15.3 Å². The van der Waals surface area contributed by atoms with Gasteiger partial charge in [-0.25, -0.2) is 0 Å². The molecule has 17 heavy (non-hydrogen) atoms. The van der Waals surface area contributed by atoms with Crippen molar-refractivity contribution in [2.75, 3.05) is 20.1 Å². The molecule has 2 rings (SSSR count). The third kappa shape index (κ3) is 2.88. The fourth-order valence-corrected chi connectivity index (χ4v) is 2.79. The highest BCUT2D eigenvalue weighted by molar-refractivity contribution is 5.30. The molecular weight excluding hydrogens is 208 g/mol. The first kappa shape index (κ1) is 12.6. The molecule has 0 amide bonds. The van der Waals surface area contributed by atoms with Gasteiger partial charge in [-0.2, -0.15) is 0 Å². The molecule has 2 atom stereocenters. The first-order valence-corrected chi connectivity index (χ1v) is 6.59. The molecule has 1 aromatic rings. The Labute approximate surface area is 105 Å². The number of rotatable bonds is 3. The van der Waals surface area contributed by atoms with Crippen molar-refractivity contribution in [1.29, 1.82) is 0 Å². The Bertz CT molecular complexity index is 360. The summed E-state index contributed by atoms with van der Waals surface area (Å²) in [6.45, 7) is 8.97. The van der Waals surface area contributed by atoms with Crippen molar-refractivity contribution in [3.8, 4) is 0 Å². The SMILES string of the molecule is Cc1cc(C)cc(C(C)N(C)C2CCNC2)c1. The van der Waals surface area contributed by atoms with Crippen LogP contribution in [-0.2, 0) is 0 Å². The van der Waals surface area contributed by atoms with Gasteiger partial charge in [0.2, 0.25) is 0 Å². The van der Waals surface area contributed by atoms with Crippen LogP contribution in [0.2, 0.25) is 0 Å². The van der Waals surface area contributed by atoms with Gasteiger partial charge in [-0.15, -0.1) is 0 Å². The standard InChI is InChI=1S/C15H24N2/c1-11-7-12(2)9-14(8-11)13(3)17(4)15-5-6-16-10-15/h7-9,13,15-16H,5-6,10H2,1-4H3. The Morgan fingerprint density at radius 1 is 1.24 bits per heavy atom. The number of hydrogen-bond donors (Lipinski definition) is 1. The quantitative estimate of drug-likeness (QED) is 0.862. The van der Waals surface area contributed by atoms with Gasteiger partial charge in [0.25, 0.3) is 0 Å². The maximum atomic E-state index is 3.44. The second-order valence-electron chi connectivity index (χ2n) is 5.41. The molecule has 1 aromatic carbocycles. The Morgan fingerprint density at radius 3 is 2.41 bits per heavy atom.